The van der Waals surface area contributed by atoms with Gasteiger partial charge in [0.25, 0.3) is 0 Å². The highest BCUT2D eigenvalue weighted by Gasteiger charge is 3.12. The zero-order valence-electron chi connectivity index (χ0n) is 12.4. The Morgan fingerprint density at radius 1 is 0.562 bits per heavy atom. The standard InChI is InChI=1S/C13H28N3/c1-11(2)14(7)10-15(11,8)13(5,6)16(10,9)12(14,3)4/h10H,1-9H3/q+3. The third-order valence-corrected chi connectivity index (χ3v) is 8.21. The first-order chi connectivity index (χ1) is 6.87. The number of quaternary nitrogens is 3. The zero-order valence-corrected chi connectivity index (χ0v) is 12.4. The molecule has 0 aromatic heterocycles. The molecule has 92 valence electrons. The van der Waals surface area contributed by atoms with Crippen molar-refractivity contribution >= 4 is 0 Å². The molecule has 3 rings (SSSR count). The van der Waals surface area contributed by atoms with Gasteiger partial charge in [-0.05, 0) is 0 Å². The molecular weight excluding hydrogens is 198 g/mol. The van der Waals surface area contributed by atoms with E-state index in [4.69, 9.17) is 0 Å². The molecule has 0 atom stereocenters. The third-order valence-electron chi connectivity index (χ3n) is 8.21. The summed E-state index contributed by atoms with van der Waals surface area (Å²) in [6.45, 7) is 14.7. The highest BCUT2D eigenvalue weighted by molar-refractivity contribution is 4.95. The molecule has 3 heteroatoms. The highest BCUT2D eigenvalue weighted by Crippen LogP contribution is 2.80. The van der Waals surface area contributed by atoms with Crippen LogP contribution in [0.25, 0.3) is 0 Å². The molecule has 0 radical (unpaired) electrons. The maximum Gasteiger partial charge on any atom is 0.372 e. The van der Waals surface area contributed by atoms with E-state index in [2.05, 4.69) is 62.7 Å². The van der Waals surface area contributed by atoms with Crippen LogP contribution in [0, 0.1) is 0 Å². The van der Waals surface area contributed by atoms with Gasteiger partial charge < -0.3 is 0 Å². The molecular formula is C13H28N3+3. The number of hydrogen-bond donors (Lipinski definition) is 0. The van der Waals surface area contributed by atoms with Gasteiger partial charge in [0.15, 0.2) is 0 Å². The molecule has 0 aromatic carbocycles. The van der Waals surface area contributed by atoms with Crippen LogP contribution in [0.5, 0.6) is 0 Å². The average molecular weight is 226 g/mol. The van der Waals surface area contributed by atoms with Gasteiger partial charge >= 0.3 is 6.29 Å². The topological polar surface area (TPSA) is 0 Å². The highest BCUT2D eigenvalue weighted by atomic mass is 16.1. The first-order valence-corrected chi connectivity index (χ1v) is 6.46. The van der Waals surface area contributed by atoms with Gasteiger partial charge in [0.05, 0.1) is 21.1 Å². The van der Waals surface area contributed by atoms with Crippen molar-refractivity contribution < 1.29 is 13.4 Å². The van der Waals surface area contributed by atoms with E-state index >= 15 is 0 Å². The molecule has 0 bridgehead atoms. The van der Waals surface area contributed by atoms with Crippen LogP contribution in [0.1, 0.15) is 41.5 Å². The fourth-order valence-corrected chi connectivity index (χ4v) is 6.22. The minimum Gasteiger partial charge on any atom is -0.126 e. The zero-order chi connectivity index (χ0) is 12.6. The molecule has 0 spiro atoms. The van der Waals surface area contributed by atoms with Crippen LogP contribution in [0.2, 0.25) is 0 Å². The van der Waals surface area contributed by atoms with E-state index in [0.29, 0.717) is 17.0 Å². The number of rotatable bonds is 0. The summed E-state index contributed by atoms with van der Waals surface area (Å²) < 4.78 is 3.70. The molecule has 0 aromatic rings. The quantitative estimate of drug-likeness (QED) is 0.553. The maximum atomic E-state index is 2.46. The second kappa shape index (κ2) is 1.90. The third kappa shape index (κ3) is 0.446. The summed E-state index contributed by atoms with van der Waals surface area (Å²) in [5, 5.41) is 0. The SMILES string of the molecule is CC1(C)[N+]2(C)C3[N+]1(C)C(C)(C)[N+]3(C)C2(C)C. The Hall–Kier alpha value is -0.120. The molecule has 3 saturated heterocycles. The summed E-state index contributed by atoms with van der Waals surface area (Å²) in [7, 11) is 7.37. The summed E-state index contributed by atoms with van der Waals surface area (Å²) in [6.07, 6.45) is 0.764. The normalized spacial score (nSPS) is 62.4. The summed E-state index contributed by atoms with van der Waals surface area (Å²) in [6, 6.07) is 0. The van der Waals surface area contributed by atoms with Gasteiger partial charge in [-0.2, -0.15) is 0 Å². The van der Waals surface area contributed by atoms with Crippen LogP contribution in [0.4, 0.5) is 0 Å². The van der Waals surface area contributed by atoms with Crippen LogP contribution in [-0.4, -0.2) is 57.9 Å². The minimum absolute atomic E-state index is 0.341. The van der Waals surface area contributed by atoms with Crippen molar-refractivity contribution in [1.82, 2.24) is 0 Å². The minimum atomic E-state index is 0.341. The van der Waals surface area contributed by atoms with Gasteiger partial charge in [-0.3, -0.25) is 0 Å². The van der Waals surface area contributed by atoms with Gasteiger partial charge in [-0.1, -0.05) is 0 Å². The molecule has 3 nitrogen and oxygen atoms in total. The maximum absolute atomic E-state index is 2.46. The first kappa shape index (κ1) is 11.0. The molecule has 0 aliphatic carbocycles. The second-order valence-corrected chi connectivity index (χ2v) is 8.06. The average Bonchev–Trinajstić information content (AvgIpc) is 2.15. The Balaban J connectivity index is 2.26. The summed E-state index contributed by atoms with van der Waals surface area (Å²) in [5.74, 6) is 0. The van der Waals surface area contributed by atoms with E-state index in [1.807, 2.05) is 0 Å². The predicted molar refractivity (Wildman–Crippen MR) is 64.6 cm³/mol. The predicted octanol–water partition coefficient (Wildman–Crippen LogP) is 1.86. The van der Waals surface area contributed by atoms with Crippen molar-refractivity contribution in [2.75, 3.05) is 21.1 Å². The van der Waals surface area contributed by atoms with Crippen molar-refractivity contribution in [3.8, 4) is 0 Å². The molecule has 0 N–H and O–H groups in total. The van der Waals surface area contributed by atoms with E-state index < -0.39 is 0 Å². The summed E-state index contributed by atoms with van der Waals surface area (Å²) >= 11 is 0. The van der Waals surface area contributed by atoms with Crippen LogP contribution in [-0.2, 0) is 0 Å². The smallest absolute Gasteiger partial charge is 0.126 e. The Morgan fingerprint density at radius 3 is 0.938 bits per heavy atom. The molecule has 0 saturated carbocycles. The van der Waals surface area contributed by atoms with Gasteiger partial charge in [-0.15, -0.1) is 13.4 Å². The van der Waals surface area contributed by atoms with Crippen LogP contribution in [0.15, 0.2) is 0 Å². The lowest BCUT2D eigenvalue weighted by molar-refractivity contribution is -1.67. The fourth-order valence-electron chi connectivity index (χ4n) is 6.22. The molecule has 16 heavy (non-hydrogen) atoms. The van der Waals surface area contributed by atoms with Crippen molar-refractivity contribution in [3.05, 3.63) is 0 Å². The lowest BCUT2D eigenvalue weighted by atomic mass is 9.66. The van der Waals surface area contributed by atoms with Gasteiger partial charge in [0.2, 0.25) is 17.0 Å². The molecule has 0 unspecified atom stereocenters. The van der Waals surface area contributed by atoms with Gasteiger partial charge in [0.1, 0.15) is 0 Å². The van der Waals surface area contributed by atoms with E-state index in [9.17, 15) is 0 Å². The molecule has 0 amide bonds. The van der Waals surface area contributed by atoms with Crippen LogP contribution in [0.3, 0.4) is 0 Å². The van der Waals surface area contributed by atoms with Gasteiger partial charge in [-0.25, -0.2) is 0 Å². The first-order valence-electron chi connectivity index (χ1n) is 6.46. The van der Waals surface area contributed by atoms with Crippen molar-refractivity contribution in [1.29, 1.82) is 0 Å². The van der Waals surface area contributed by atoms with Crippen LogP contribution < -0.4 is 0 Å². The number of nitrogens with zero attached hydrogens (tertiary/aromatic N) is 3. The molecule has 3 heterocycles. The Kier molecular flexibility index (Phi) is 1.30. The summed E-state index contributed by atoms with van der Waals surface area (Å²) in [5.41, 5.74) is 1.02. The molecule has 3 fully saturated rings. The lowest BCUT2D eigenvalue weighted by Gasteiger charge is -2.94. The molecule has 3 aliphatic heterocycles. The summed E-state index contributed by atoms with van der Waals surface area (Å²) in [4.78, 5) is 0. The second-order valence-electron chi connectivity index (χ2n) is 8.06. The van der Waals surface area contributed by atoms with Gasteiger partial charge in [0, 0.05) is 41.5 Å². The molecule has 3 aliphatic rings. The largest absolute Gasteiger partial charge is 0.372 e. The Labute approximate surface area is 100 Å². The monoisotopic (exact) mass is 226 g/mol. The Morgan fingerprint density at radius 2 is 0.750 bits per heavy atom. The lowest BCUT2D eigenvalue weighted by Crippen LogP contribution is -3.26. The van der Waals surface area contributed by atoms with E-state index in [1.165, 1.54) is 13.4 Å². The van der Waals surface area contributed by atoms with E-state index in [1.54, 1.807) is 0 Å². The van der Waals surface area contributed by atoms with E-state index in [0.717, 1.165) is 6.29 Å². The van der Waals surface area contributed by atoms with E-state index in [-0.39, 0.29) is 0 Å². The van der Waals surface area contributed by atoms with Crippen molar-refractivity contribution in [2.45, 2.75) is 64.8 Å². The van der Waals surface area contributed by atoms with Crippen molar-refractivity contribution in [3.63, 3.8) is 0 Å². The van der Waals surface area contributed by atoms with Crippen molar-refractivity contribution in [2.24, 2.45) is 0 Å². The Bertz CT molecular complexity index is 326. The van der Waals surface area contributed by atoms with Crippen LogP contribution >= 0.6 is 0 Å². The number of hydrogen-bond acceptors (Lipinski definition) is 0. The fraction of sp³-hybridized carbons (Fsp3) is 1.00.